The van der Waals surface area contributed by atoms with Crippen LogP contribution in [0.15, 0.2) is 28.7 Å². The average molecular weight is 279 g/mol. The van der Waals surface area contributed by atoms with Crippen LogP contribution in [-0.4, -0.2) is 9.55 Å². The third-order valence-electron chi connectivity index (χ3n) is 2.74. The zero-order valence-corrected chi connectivity index (χ0v) is 11.4. The molecule has 0 bridgehead atoms. The Labute approximate surface area is 104 Å². The van der Waals surface area contributed by atoms with Gasteiger partial charge in [-0.25, -0.2) is 4.98 Å². The topological polar surface area (TPSA) is 17.8 Å². The van der Waals surface area contributed by atoms with Gasteiger partial charge in [0.25, 0.3) is 0 Å². The molecule has 0 spiro atoms. The lowest BCUT2D eigenvalue weighted by Gasteiger charge is -2.10. The Kier molecular flexibility index (Phi) is 3.15. The number of halogens is 1. The molecule has 0 atom stereocenters. The Balaban J connectivity index is 2.57. The highest BCUT2D eigenvalue weighted by Gasteiger charge is 2.07. The van der Waals surface area contributed by atoms with E-state index in [1.54, 1.807) is 0 Å². The molecule has 0 amide bonds. The van der Waals surface area contributed by atoms with Crippen LogP contribution in [0, 0.1) is 13.8 Å². The van der Waals surface area contributed by atoms with Gasteiger partial charge in [0, 0.05) is 15.9 Å². The zero-order valence-electron chi connectivity index (χ0n) is 9.79. The maximum Gasteiger partial charge on any atom is 0.137 e. The first-order valence-corrected chi connectivity index (χ1v) is 6.23. The van der Waals surface area contributed by atoms with Crippen LogP contribution in [0.1, 0.15) is 24.0 Å². The second-order valence-corrected chi connectivity index (χ2v) is 4.76. The molecule has 0 saturated heterocycles. The highest BCUT2D eigenvalue weighted by Crippen LogP contribution is 2.20. The van der Waals surface area contributed by atoms with Crippen LogP contribution in [0.4, 0.5) is 0 Å². The predicted molar refractivity (Wildman–Crippen MR) is 70.1 cm³/mol. The minimum atomic E-state index is 0.938. The molecule has 0 aliphatic carbocycles. The Bertz CT molecular complexity index is 495. The van der Waals surface area contributed by atoms with Gasteiger partial charge < -0.3 is 4.57 Å². The Morgan fingerprint density at radius 2 is 1.75 bits per heavy atom. The van der Waals surface area contributed by atoms with Gasteiger partial charge in [0.15, 0.2) is 0 Å². The van der Waals surface area contributed by atoms with E-state index < -0.39 is 0 Å². The molecule has 2 heterocycles. The lowest BCUT2D eigenvalue weighted by Crippen LogP contribution is -2.03. The van der Waals surface area contributed by atoms with E-state index in [1.807, 2.05) is 6.07 Å². The molecule has 2 aromatic heterocycles. The molecule has 2 nitrogen and oxygen atoms in total. The molecule has 0 fully saturated rings. The summed E-state index contributed by atoms with van der Waals surface area (Å²) in [4.78, 5) is 4.67. The smallest absolute Gasteiger partial charge is 0.137 e. The van der Waals surface area contributed by atoms with Crippen molar-refractivity contribution < 1.29 is 0 Å². The number of aryl methyl sites for hydroxylation is 3. The molecule has 2 rings (SSSR count). The molecule has 0 aromatic carbocycles. The number of pyridine rings is 1. The quantitative estimate of drug-likeness (QED) is 0.817. The van der Waals surface area contributed by atoms with Crippen molar-refractivity contribution in [3.8, 4) is 5.82 Å². The first-order chi connectivity index (χ1) is 7.63. The Hall–Kier alpha value is -1.09. The summed E-state index contributed by atoms with van der Waals surface area (Å²) in [7, 11) is 0. The normalized spacial score (nSPS) is 10.8. The second-order valence-electron chi connectivity index (χ2n) is 3.90. The van der Waals surface area contributed by atoms with E-state index in [-0.39, 0.29) is 0 Å². The molecule has 2 aromatic rings. The van der Waals surface area contributed by atoms with Crippen molar-refractivity contribution in [2.24, 2.45) is 0 Å². The summed E-state index contributed by atoms with van der Waals surface area (Å²) >= 11 is 3.52. The van der Waals surface area contributed by atoms with Crippen molar-refractivity contribution in [2.45, 2.75) is 27.2 Å². The molecule has 0 N–H and O–H groups in total. The predicted octanol–water partition coefficient (Wildman–Crippen LogP) is 3.81. The highest BCUT2D eigenvalue weighted by molar-refractivity contribution is 9.10. The van der Waals surface area contributed by atoms with Crippen LogP contribution in [0.3, 0.4) is 0 Å². The summed E-state index contributed by atoms with van der Waals surface area (Å²) < 4.78 is 3.26. The summed E-state index contributed by atoms with van der Waals surface area (Å²) in [6.07, 6.45) is 0.938. The zero-order chi connectivity index (χ0) is 11.7. The van der Waals surface area contributed by atoms with Crippen LogP contribution >= 0.6 is 15.9 Å². The van der Waals surface area contributed by atoms with Gasteiger partial charge in [-0.15, -0.1) is 0 Å². The fourth-order valence-electron chi connectivity index (χ4n) is 1.88. The second kappa shape index (κ2) is 4.42. The van der Waals surface area contributed by atoms with E-state index in [0.29, 0.717) is 0 Å². The lowest BCUT2D eigenvalue weighted by molar-refractivity contribution is 0.892. The van der Waals surface area contributed by atoms with E-state index >= 15 is 0 Å². The molecule has 0 aliphatic heterocycles. The molecule has 0 radical (unpaired) electrons. The summed E-state index contributed by atoms with van der Waals surface area (Å²) in [5.41, 5.74) is 3.54. The van der Waals surface area contributed by atoms with Gasteiger partial charge in [0.05, 0.1) is 5.69 Å². The summed E-state index contributed by atoms with van der Waals surface area (Å²) in [6.45, 7) is 6.32. The average Bonchev–Trinajstić information content (AvgIpc) is 2.60. The van der Waals surface area contributed by atoms with Crippen LogP contribution in [0.2, 0.25) is 0 Å². The Morgan fingerprint density at radius 1 is 1.12 bits per heavy atom. The molecular formula is C13H15BrN2. The SMILES string of the molecule is CCc1nc(-n2c(C)ccc2C)ccc1Br. The number of nitrogens with zero attached hydrogens (tertiary/aromatic N) is 2. The number of hydrogen-bond donors (Lipinski definition) is 0. The molecule has 16 heavy (non-hydrogen) atoms. The molecule has 84 valence electrons. The van der Waals surface area contributed by atoms with Gasteiger partial charge in [0.2, 0.25) is 0 Å². The van der Waals surface area contributed by atoms with E-state index in [2.05, 4.69) is 64.5 Å². The maximum absolute atomic E-state index is 4.67. The minimum Gasteiger partial charge on any atom is -0.303 e. The van der Waals surface area contributed by atoms with Gasteiger partial charge in [-0.05, 0) is 60.5 Å². The number of aromatic nitrogens is 2. The van der Waals surface area contributed by atoms with E-state index in [9.17, 15) is 0 Å². The van der Waals surface area contributed by atoms with Gasteiger partial charge >= 0.3 is 0 Å². The molecule has 0 aliphatic rings. The van der Waals surface area contributed by atoms with Crippen LogP contribution in [0.25, 0.3) is 5.82 Å². The van der Waals surface area contributed by atoms with Crippen molar-refractivity contribution in [3.63, 3.8) is 0 Å². The molecule has 3 heteroatoms. The molecular weight excluding hydrogens is 264 g/mol. The fourth-order valence-corrected chi connectivity index (χ4v) is 2.38. The first-order valence-electron chi connectivity index (χ1n) is 5.44. The third kappa shape index (κ3) is 1.92. The van der Waals surface area contributed by atoms with Crippen molar-refractivity contribution in [2.75, 3.05) is 0 Å². The van der Waals surface area contributed by atoms with Crippen molar-refractivity contribution in [1.29, 1.82) is 0 Å². The largest absolute Gasteiger partial charge is 0.303 e. The number of rotatable bonds is 2. The van der Waals surface area contributed by atoms with Gasteiger partial charge in [0.1, 0.15) is 5.82 Å². The molecule has 0 unspecified atom stereocenters. The van der Waals surface area contributed by atoms with Crippen molar-refractivity contribution in [3.05, 3.63) is 45.8 Å². The monoisotopic (exact) mass is 278 g/mol. The maximum atomic E-state index is 4.67. The van der Waals surface area contributed by atoms with E-state index in [1.165, 1.54) is 11.4 Å². The lowest BCUT2D eigenvalue weighted by atomic mass is 10.3. The van der Waals surface area contributed by atoms with E-state index in [4.69, 9.17) is 0 Å². The Morgan fingerprint density at radius 3 is 2.31 bits per heavy atom. The standard InChI is InChI=1S/C13H15BrN2/c1-4-12-11(14)7-8-13(15-12)16-9(2)5-6-10(16)3/h5-8H,4H2,1-3H3. The number of hydrogen-bond acceptors (Lipinski definition) is 1. The van der Waals surface area contributed by atoms with Crippen LogP contribution in [0.5, 0.6) is 0 Å². The third-order valence-corrected chi connectivity index (χ3v) is 3.46. The fraction of sp³-hybridized carbons (Fsp3) is 0.308. The van der Waals surface area contributed by atoms with Gasteiger partial charge in [-0.2, -0.15) is 0 Å². The van der Waals surface area contributed by atoms with E-state index in [0.717, 1.165) is 22.4 Å². The summed E-state index contributed by atoms with van der Waals surface area (Å²) in [6, 6.07) is 8.35. The summed E-state index contributed by atoms with van der Waals surface area (Å²) in [5.74, 6) is 1.00. The first kappa shape index (κ1) is 11.4. The van der Waals surface area contributed by atoms with Crippen LogP contribution in [-0.2, 0) is 6.42 Å². The van der Waals surface area contributed by atoms with Crippen molar-refractivity contribution in [1.82, 2.24) is 9.55 Å². The van der Waals surface area contributed by atoms with Gasteiger partial charge in [-0.1, -0.05) is 6.92 Å². The summed E-state index contributed by atoms with van der Waals surface area (Å²) in [5, 5.41) is 0. The minimum absolute atomic E-state index is 0.938. The van der Waals surface area contributed by atoms with Gasteiger partial charge in [-0.3, -0.25) is 0 Å². The van der Waals surface area contributed by atoms with Crippen molar-refractivity contribution >= 4 is 15.9 Å². The molecule has 0 saturated carbocycles. The highest BCUT2D eigenvalue weighted by atomic mass is 79.9. The van der Waals surface area contributed by atoms with Crippen LogP contribution < -0.4 is 0 Å².